The fourth-order valence-corrected chi connectivity index (χ4v) is 3.51. The highest BCUT2D eigenvalue weighted by Gasteiger charge is 2.35. The molecule has 1 aromatic carbocycles. The van der Waals surface area contributed by atoms with Crippen molar-refractivity contribution in [1.29, 1.82) is 0 Å². The summed E-state index contributed by atoms with van der Waals surface area (Å²) in [7, 11) is 0. The second kappa shape index (κ2) is 6.46. The van der Waals surface area contributed by atoms with Crippen LogP contribution >= 0.6 is 23.2 Å². The molecule has 20 heavy (non-hydrogen) atoms. The number of carbonyl (C=O) groups is 1. The fourth-order valence-electron chi connectivity index (χ4n) is 2.99. The van der Waals surface area contributed by atoms with Gasteiger partial charge in [-0.3, -0.25) is 9.69 Å². The molecule has 0 spiro atoms. The number of benzene rings is 1. The Kier molecular flexibility index (Phi) is 5.11. The van der Waals surface area contributed by atoms with Crippen LogP contribution in [0.15, 0.2) is 18.2 Å². The third kappa shape index (κ3) is 3.36. The average Bonchev–Trinajstić information content (AvgIpc) is 2.82. The van der Waals surface area contributed by atoms with Crippen molar-refractivity contribution < 1.29 is 4.79 Å². The van der Waals surface area contributed by atoms with E-state index >= 15 is 0 Å². The molecule has 0 radical (unpaired) electrons. The van der Waals surface area contributed by atoms with Gasteiger partial charge in [-0.1, -0.05) is 37.0 Å². The Morgan fingerprint density at radius 3 is 2.55 bits per heavy atom. The van der Waals surface area contributed by atoms with E-state index in [1.807, 2.05) is 0 Å². The smallest absolute Gasteiger partial charge is 0.178 e. The van der Waals surface area contributed by atoms with Gasteiger partial charge in [0.05, 0.1) is 11.6 Å². The molecule has 110 valence electrons. The summed E-state index contributed by atoms with van der Waals surface area (Å²) in [6.07, 6.45) is 3.54. The molecule has 0 saturated carbocycles. The summed E-state index contributed by atoms with van der Waals surface area (Å²) in [5.74, 6) is 0.0784. The number of Topliss-reactive ketones (excluding diaryl/α,β-unsaturated/α-hetero) is 1. The van der Waals surface area contributed by atoms with E-state index < -0.39 is 0 Å². The van der Waals surface area contributed by atoms with E-state index in [0.29, 0.717) is 27.6 Å². The Morgan fingerprint density at radius 1 is 1.30 bits per heavy atom. The summed E-state index contributed by atoms with van der Waals surface area (Å²) < 4.78 is 0. The molecular formula is C16H21Cl2NO. The van der Waals surface area contributed by atoms with Gasteiger partial charge >= 0.3 is 0 Å². The van der Waals surface area contributed by atoms with Gasteiger partial charge < -0.3 is 0 Å². The van der Waals surface area contributed by atoms with Gasteiger partial charge in [0.2, 0.25) is 0 Å². The molecule has 2 nitrogen and oxygen atoms in total. The lowest BCUT2D eigenvalue weighted by atomic mass is 9.82. The molecule has 0 aliphatic carbocycles. The summed E-state index contributed by atoms with van der Waals surface area (Å²) >= 11 is 12.0. The van der Waals surface area contributed by atoms with Gasteiger partial charge in [-0.2, -0.15) is 0 Å². The summed E-state index contributed by atoms with van der Waals surface area (Å²) in [6, 6.07) is 5.06. The van der Waals surface area contributed by atoms with E-state index in [9.17, 15) is 4.79 Å². The van der Waals surface area contributed by atoms with Crippen molar-refractivity contribution in [2.24, 2.45) is 5.41 Å². The molecule has 1 aliphatic heterocycles. The molecule has 0 bridgehead atoms. The maximum absolute atomic E-state index is 12.4. The molecule has 0 aromatic heterocycles. The van der Waals surface area contributed by atoms with Crippen LogP contribution in [-0.4, -0.2) is 30.3 Å². The first-order chi connectivity index (χ1) is 9.49. The molecule has 1 aliphatic rings. The van der Waals surface area contributed by atoms with E-state index in [2.05, 4.69) is 18.7 Å². The Balaban J connectivity index is 2.02. The Hall–Kier alpha value is -0.570. The van der Waals surface area contributed by atoms with Crippen molar-refractivity contribution >= 4 is 29.0 Å². The van der Waals surface area contributed by atoms with Gasteiger partial charge in [-0.25, -0.2) is 0 Å². The number of ketones is 1. The van der Waals surface area contributed by atoms with E-state index in [1.54, 1.807) is 18.2 Å². The van der Waals surface area contributed by atoms with Crippen LogP contribution < -0.4 is 0 Å². The molecule has 0 amide bonds. The summed E-state index contributed by atoms with van der Waals surface area (Å²) in [6.45, 7) is 6.94. The van der Waals surface area contributed by atoms with Crippen LogP contribution in [0.3, 0.4) is 0 Å². The molecule has 0 N–H and O–H groups in total. The largest absolute Gasteiger partial charge is 0.295 e. The Labute approximate surface area is 131 Å². The first kappa shape index (κ1) is 15.8. The molecule has 1 aromatic rings. The predicted molar refractivity (Wildman–Crippen MR) is 84.9 cm³/mol. The van der Waals surface area contributed by atoms with Gasteiger partial charge in [0.25, 0.3) is 0 Å². The zero-order chi connectivity index (χ0) is 14.8. The lowest BCUT2D eigenvalue weighted by Gasteiger charge is -2.26. The van der Waals surface area contributed by atoms with Crippen LogP contribution in [0.5, 0.6) is 0 Å². The molecule has 2 rings (SSSR count). The first-order valence-electron chi connectivity index (χ1n) is 7.20. The van der Waals surface area contributed by atoms with Gasteiger partial charge in [0.15, 0.2) is 5.78 Å². The summed E-state index contributed by atoms with van der Waals surface area (Å²) in [5, 5.41) is 1.00. The first-order valence-corrected chi connectivity index (χ1v) is 7.96. The zero-order valence-electron chi connectivity index (χ0n) is 12.1. The summed E-state index contributed by atoms with van der Waals surface area (Å²) in [4.78, 5) is 14.6. The van der Waals surface area contributed by atoms with E-state index in [4.69, 9.17) is 23.2 Å². The van der Waals surface area contributed by atoms with Gasteiger partial charge in [-0.15, -0.1) is 0 Å². The number of hydrogen-bond donors (Lipinski definition) is 0. The maximum atomic E-state index is 12.4. The van der Waals surface area contributed by atoms with Crippen molar-refractivity contribution in [3.63, 3.8) is 0 Å². The quantitative estimate of drug-likeness (QED) is 0.735. The maximum Gasteiger partial charge on any atom is 0.178 e. The summed E-state index contributed by atoms with van der Waals surface area (Å²) in [5.41, 5.74) is 0.964. The number of carbonyl (C=O) groups excluding carboxylic acids is 1. The molecule has 1 heterocycles. The third-order valence-electron chi connectivity index (χ3n) is 4.62. The van der Waals surface area contributed by atoms with Gasteiger partial charge in [0.1, 0.15) is 0 Å². The minimum absolute atomic E-state index is 0.0784. The van der Waals surface area contributed by atoms with E-state index in [0.717, 1.165) is 13.1 Å². The monoisotopic (exact) mass is 313 g/mol. The van der Waals surface area contributed by atoms with Crippen molar-refractivity contribution in [1.82, 2.24) is 4.90 Å². The highest BCUT2D eigenvalue weighted by Crippen LogP contribution is 2.37. The van der Waals surface area contributed by atoms with Gasteiger partial charge in [0, 0.05) is 17.1 Å². The number of hydrogen-bond acceptors (Lipinski definition) is 2. The lowest BCUT2D eigenvalue weighted by molar-refractivity contribution is 0.0936. The number of nitrogens with zero attached hydrogens (tertiary/aromatic N) is 1. The van der Waals surface area contributed by atoms with E-state index in [1.165, 1.54) is 19.3 Å². The number of likely N-dealkylation sites (tertiary alicyclic amines) is 1. The number of halogens is 2. The normalized spacial score (nSPS) is 18.4. The minimum atomic E-state index is 0.0784. The lowest BCUT2D eigenvalue weighted by Crippen LogP contribution is -2.31. The van der Waals surface area contributed by atoms with Crippen LogP contribution in [0.2, 0.25) is 10.0 Å². The predicted octanol–water partition coefficient (Wildman–Crippen LogP) is 4.69. The van der Waals surface area contributed by atoms with Crippen LogP contribution in [-0.2, 0) is 0 Å². The number of rotatable bonds is 5. The zero-order valence-corrected chi connectivity index (χ0v) is 13.6. The molecule has 0 unspecified atom stereocenters. The standard InChI is InChI=1S/C16H21Cl2NO/c1-3-16(4-2)7-8-19(11-16)10-15(20)13-6-5-12(17)9-14(13)18/h5-6,9H,3-4,7-8,10-11H2,1-2H3. The molecule has 0 atom stereocenters. The van der Waals surface area contributed by atoms with Crippen LogP contribution in [0, 0.1) is 5.41 Å². The third-order valence-corrected chi connectivity index (χ3v) is 5.16. The minimum Gasteiger partial charge on any atom is -0.295 e. The van der Waals surface area contributed by atoms with Crippen molar-refractivity contribution in [3.8, 4) is 0 Å². The van der Waals surface area contributed by atoms with Crippen molar-refractivity contribution in [3.05, 3.63) is 33.8 Å². The molecule has 1 fully saturated rings. The fraction of sp³-hybridized carbons (Fsp3) is 0.562. The Bertz CT molecular complexity index is 497. The topological polar surface area (TPSA) is 20.3 Å². The second-order valence-electron chi connectivity index (χ2n) is 5.72. The van der Waals surface area contributed by atoms with Gasteiger partial charge in [-0.05, 0) is 49.4 Å². The van der Waals surface area contributed by atoms with Crippen LogP contribution in [0.25, 0.3) is 0 Å². The van der Waals surface area contributed by atoms with E-state index in [-0.39, 0.29) is 5.78 Å². The molecule has 1 saturated heterocycles. The highest BCUT2D eigenvalue weighted by molar-refractivity contribution is 6.36. The van der Waals surface area contributed by atoms with Crippen molar-refractivity contribution in [2.75, 3.05) is 19.6 Å². The molecule has 4 heteroatoms. The van der Waals surface area contributed by atoms with Crippen LogP contribution in [0.1, 0.15) is 43.5 Å². The SMILES string of the molecule is CCC1(CC)CCN(CC(=O)c2ccc(Cl)cc2Cl)C1. The van der Waals surface area contributed by atoms with Crippen LogP contribution in [0.4, 0.5) is 0 Å². The highest BCUT2D eigenvalue weighted by atomic mass is 35.5. The molecular weight excluding hydrogens is 293 g/mol. The second-order valence-corrected chi connectivity index (χ2v) is 6.56. The average molecular weight is 314 g/mol. The Morgan fingerprint density at radius 2 is 2.00 bits per heavy atom. The van der Waals surface area contributed by atoms with Crippen molar-refractivity contribution in [2.45, 2.75) is 33.1 Å².